The Hall–Kier alpha value is -4.36. The van der Waals surface area contributed by atoms with Gasteiger partial charge in [-0.1, -0.05) is 111 Å². The lowest BCUT2D eigenvalue weighted by Crippen LogP contribution is -2.15. The largest absolute Gasteiger partial charge is 0.354 e. The van der Waals surface area contributed by atoms with Gasteiger partial charge in [0, 0.05) is 27.3 Å². The van der Waals surface area contributed by atoms with Crippen molar-refractivity contribution in [1.29, 1.82) is 0 Å². The molecule has 0 saturated heterocycles. The van der Waals surface area contributed by atoms with Gasteiger partial charge in [-0.25, -0.2) is 0 Å². The Morgan fingerprint density at radius 2 is 1.26 bits per heavy atom. The summed E-state index contributed by atoms with van der Waals surface area (Å²) in [4.78, 5) is 3.71. The van der Waals surface area contributed by atoms with Crippen molar-refractivity contribution in [1.82, 2.24) is 4.98 Å². The molecule has 38 heavy (non-hydrogen) atoms. The lowest BCUT2D eigenvalue weighted by atomic mass is 9.80. The van der Waals surface area contributed by atoms with E-state index in [1.54, 1.807) is 0 Å². The van der Waals surface area contributed by atoms with E-state index in [2.05, 4.69) is 128 Å². The Morgan fingerprint density at radius 3 is 2.13 bits per heavy atom. The van der Waals surface area contributed by atoms with Crippen LogP contribution >= 0.6 is 0 Å². The Labute approximate surface area is 223 Å². The molecule has 1 heteroatoms. The van der Waals surface area contributed by atoms with Gasteiger partial charge in [0.05, 0.1) is 5.52 Å². The summed E-state index contributed by atoms with van der Waals surface area (Å²) < 4.78 is 0. The summed E-state index contributed by atoms with van der Waals surface area (Å²) in [5.74, 6) is 0. The first-order valence-corrected chi connectivity index (χ1v) is 13.7. The fourth-order valence-electron chi connectivity index (χ4n) is 7.04. The topological polar surface area (TPSA) is 15.8 Å². The first-order chi connectivity index (χ1) is 18.6. The number of nitrogens with one attached hydrogen (secondary N) is 1. The van der Waals surface area contributed by atoms with Crippen molar-refractivity contribution < 1.29 is 0 Å². The molecule has 1 nitrogen and oxygen atoms in total. The molecule has 0 unspecified atom stereocenters. The summed E-state index contributed by atoms with van der Waals surface area (Å²) in [6, 6.07) is 35.9. The zero-order valence-electron chi connectivity index (χ0n) is 21.8. The second-order valence-electron chi connectivity index (χ2n) is 11.3. The number of benzene rings is 5. The third-order valence-corrected chi connectivity index (χ3v) is 8.87. The van der Waals surface area contributed by atoms with Crippen LogP contribution in [0.2, 0.25) is 0 Å². The molecule has 0 bridgehead atoms. The molecule has 0 spiro atoms. The zero-order chi connectivity index (χ0) is 25.4. The van der Waals surface area contributed by atoms with Crippen molar-refractivity contribution in [2.24, 2.45) is 0 Å². The summed E-state index contributed by atoms with van der Waals surface area (Å²) in [5.41, 5.74) is 13.4. The van der Waals surface area contributed by atoms with E-state index in [0.717, 1.165) is 12.8 Å². The summed E-state index contributed by atoms with van der Waals surface area (Å²) in [6.07, 6.45) is 7.20. The van der Waals surface area contributed by atoms with Gasteiger partial charge >= 0.3 is 0 Å². The van der Waals surface area contributed by atoms with Crippen LogP contribution in [0.4, 0.5) is 0 Å². The smallest absolute Gasteiger partial charge is 0.0544 e. The predicted octanol–water partition coefficient (Wildman–Crippen LogP) is 10.2. The van der Waals surface area contributed by atoms with Crippen molar-refractivity contribution in [2.45, 2.75) is 32.1 Å². The monoisotopic (exact) mass is 487 g/mol. The first-order valence-electron chi connectivity index (χ1n) is 13.7. The molecular weight excluding hydrogens is 458 g/mol. The van der Waals surface area contributed by atoms with Gasteiger partial charge in [-0.15, -0.1) is 0 Å². The lowest BCUT2D eigenvalue weighted by molar-refractivity contribution is 0.654. The number of H-pyrrole nitrogens is 1. The number of fused-ring (bicyclic) bond motifs is 7. The molecule has 0 saturated carbocycles. The highest BCUT2D eigenvalue weighted by Gasteiger charge is 2.38. The normalized spacial score (nSPS) is 15.9. The van der Waals surface area contributed by atoms with Crippen LogP contribution in [0.3, 0.4) is 0 Å². The number of hydrogen-bond acceptors (Lipinski definition) is 0. The van der Waals surface area contributed by atoms with Crippen molar-refractivity contribution in [3.05, 3.63) is 126 Å². The number of para-hydroxylation sites is 2. The maximum atomic E-state index is 3.71. The Balaban J connectivity index is 1.34. The third-order valence-electron chi connectivity index (χ3n) is 8.87. The van der Waals surface area contributed by atoms with Crippen LogP contribution in [0.5, 0.6) is 0 Å². The Morgan fingerprint density at radius 1 is 0.579 bits per heavy atom. The zero-order valence-corrected chi connectivity index (χ0v) is 21.8. The van der Waals surface area contributed by atoms with Gasteiger partial charge in [0.1, 0.15) is 0 Å². The first kappa shape index (κ1) is 21.7. The van der Waals surface area contributed by atoms with E-state index in [1.165, 1.54) is 77.1 Å². The molecule has 6 aromatic rings. The molecule has 1 aromatic heterocycles. The molecule has 5 aromatic carbocycles. The van der Waals surface area contributed by atoms with E-state index in [0.29, 0.717) is 0 Å². The highest BCUT2D eigenvalue weighted by atomic mass is 14.7. The molecule has 8 rings (SSSR count). The number of hydrogen-bond donors (Lipinski definition) is 1. The molecule has 0 radical (unpaired) electrons. The van der Waals surface area contributed by atoms with Crippen LogP contribution in [0.25, 0.3) is 60.4 Å². The number of allylic oxidation sites excluding steroid dienone is 4. The minimum Gasteiger partial charge on any atom is -0.354 e. The minimum atomic E-state index is 0.0737. The molecule has 2 aliphatic rings. The van der Waals surface area contributed by atoms with Crippen molar-refractivity contribution in [3.63, 3.8) is 0 Å². The van der Waals surface area contributed by atoms with E-state index in [1.807, 2.05) is 0 Å². The van der Waals surface area contributed by atoms with Gasteiger partial charge in [0.2, 0.25) is 0 Å². The molecular formula is C37H29N. The fraction of sp³-hybridized carbons (Fsp3) is 0.135. The molecule has 1 N–H and O–H groups in total. The van der Waals surface area contributed by atoms with Gasteiger partial charge in [-0.05, 0) is 74.7 Å². The minimum absolute atomic E-state index is 0.0737. The van der Waals surface area contributed by atoms with E-state index >= 15 is 0 Å². The average Bonchev–Trinajstić information content (AvgIpc) is 3.45. The lowest BCUT2D eigenvalue weighted by Gasteiger charge is -2.23. The molecule has 0 atom stereocenters. The molecule has 1 heterocycles. The maximum absolute atomic E-state index is 3.71. The fourth-order valence-corrected chi connectivity index (χ4v) is 7.04. The highest BCUT2D eigenvalue weighted by molar-refractivity contribution is 6.15. The summed E-state index contributed by atoms with van der Waals surface area (Å²) in [7, 11) is 0. The van der Waals surface area contributed by atoms with Crippen molar-refractivity contribution in [2.75, 3.05) is 0 Å². The second-order valence-corrected chi connectivity index (χ2v) is 11.3. The molecule has 0 fully saturated rings. The number of rotatable bonds is 2. The quantitative estimate of drug-likeness (QED) is 0.250. The summed E-state index contributed by atoms with van der Waals surface area (Å²) in [6.45, 7) is 4.75. The standard InChI is InChI=1S/C37H29N/c1-37(2)33-18-5-3-10-28(33)32-22-23(20-21-34(32)37)24-12-7-14-26-25(24)13-8-15-27(26)30-16-9-17-31-29-11-4-6-19-35(29)38-36(30)31/h4,6-22,38H,3,5H2,1-2H3. The predicted molar refractivity (Wildman–Crippen MR) is 163 cm³/mol. The van der Waals surface area contributed by atoms with Gasteiger partial charge in [-0.3, -0.25) is 0 Å². The molecule has 0 aliphatic heterocycles. The molecule has 0 amide bonds. The average molecular weight is 488 g/mol. The van der Waals surface area contributed by atoms with Crippen molar-refractivity contribution >= 4 is 38.2 Å². The second kappa shape index (κ2) is 7.82. The van der Waals surface area contributed by atoms with Gasteiger partial charge < -0.3 is 4.98 Å². The summed E-state index contributed by atoms with van der Waals surface area (Å²) in [5, 5.41) is 5.13. The third kappa shape index (κ3) is 2.93. The van der Waals surface area contributed by atoms with Gasteiger partial charge in [0.25, 0.3) is 0 Å². The van der Waals surface area contributed by atoms with Crippen LogP contribution in [0, 0.1) is 0 Å². The summed E-state index contributed by atoms with van der Waals surface area (Å²) >= 11 is 0. The highest BCUT2D eigenvalue weighted by Crippen LogP contribution is 2.52. The van der Waals surface area contributed by atoms with E-state index in [4.69, 9.17) is 0 Å². The Kier molecular flexibility index (Phi) is 4.47. The SMILES string of the molecule is CC1(C)C2=CCCC=C2c2cc(-c3cccc4c(-c5cccc6c5[nH]c5ccccc56)cccc34)ccc21. The van der Waals surface area contributed by atoms with Crippen LogP contribution in [0.1, 0.15) is 37.8 Å². The Bertz CT molecular complexity index is 1990. The van der Waals surface area contributed by atoms with Crippen LogP contribution in [-0.4, -0.2) is 4.98 Å². The van der Waals surface area contributed by atoms with E-state index in [9.17, 15) is 0 Å². The van der Waals surface area contributed by atoms with Crippen LogP contribution in [0.15, 0.2) is 115 Å². The molecule has 2 aliphatic carbocycles. The van der Waals surface area contributed by atoms with Crippen LogP contribution in [-0.2, 0) is 5.41 Å². The van der Waals surface area contributed by atoms with Crippen LogP contribution < -0.4 is 0 Å². The maximum Gasteiger partial charge on any atom is 0.0544 e. The van der Waals surface area contributed by atoms with E-state index in [-0.39, 0.29) is 5.41 Å². The van der Waals surface area contributed by atoms with Crippen molar-refractivity contribution in [3.8, 4) is 22.3 Å². The van der Waals surface area contributed by atoms with Gasteiger partial charge in [-0.2, -0.15) is 0 Å². The number of aromatic nitrogens is 1. The van der Waals surface area contributed by atoms with E-state index < -0.39 is 0 Å². The number of aromatic amines is 1. The van der Waals surface area contributed by atoms with Gasteiger partial charge in [0.15, 0.2) is 0 Å². The molecule has 182 valence electrons.